The molecule has 3 heteroatoms. The molecule has 0 radical (unpaired) electrons. The number of rotatable bonds is 4. The minimum atomic E-state index is 0.352. The lowest BCUT2D eigenvalue weighted by molar-refractivity contribution is 0.0498. The van der Waals surface area contributed by atoms with E-state index < -0.39 is 0 Å². The Labute approximate surface area is 116 Å². The molecule has 3 atom stereocenters. The molecule has 3 nitrogen and oxygen atoms in total. The van der Waals surface area contributed by atoms with Crippen LogP contribution in [0.4, 0.5) is 5.69 Å². The Morgan fingerprint density at radius 3 is 2.58 bits per heavy atom. The van der Waals surface area contributed by atoms with Crippen LogP contribution in [0, 0.1) is 5.92 Å². The molecule has 0 aliphatic carbocycles. The van der Waals surface area contributed by atoms with E-state index in [0.29, 0.717) is 18.1 Å². The number of hydrogen-bond acceptors (Lipinski definition) is 3. The van der Waals surface area contributed by atoms with E-state index in [-0.39, 0.29) is 0 Å². The van der Waals surface area contributed by atoms with Crippen LogP contribution in [0.15, 0.2) is 24.3 Å². The van der Waals surface area contributed by atoms with Crippen LogP contribution >= 0.6 is 0 Å². The minimum absolute atomic E-state index is 0.352. The highest BCUT2D eigenvalue weighted by molar-refractivity contribution is 5.48. The van der Waals surface area contributed by atoms with E-state index in [2.05, 4.69) is 48.3 Å². The summed E-state index contributed by atoms with van der Waals surface area (Å²) in [5.41, 5.74) is 2.64. The Morgan fingerprint density at radius 2 is 2.00 bits per heavy atom. The molecule has 1 aliphatic rings. The van der Waals surface area contributed by atoms with Gasteiger partial charge in [0.2, 0.25) is 0 Å². The average molecular weight is 262 g/mol. The Kier molecular flexibility index (Phi) is 4.83. The molecule has 1 N–H and O–H groups in total. The summed E-state index contributed by atoms with van der Waals surface area (Å²) in [4.78, 5) is 2.43. The van der Waals surface area contributed by atoms with Gasteiger partial charge in [-0.2, -0.15) is 0 Å². The summed E-state index contributed by atoms with van der Waals surface area (Å²) in [5.74, 6) is 0.657. The van der Waals surface area contributed by atoms with Gasteiger partial charge in [-0.1, -0.05) is 19.1 Å². The largest absolute Gasteiger partial charge is 0.379 e. The van der Waals surface area contributed by atoms with Gasteiger partial charge in [0.05, 0.1) is 6.10 Å². The normalized spacial score (nSPS) is 25.4. The third-order valence-corrected chi connectivity index (χ3v) is 4.38. The van der Waals surface area contributed by atoms with Crippen LogP contribution in [-0.2, 0) is 4.74 Å². The first-order valence-electron chi connectivity index (χ1n) is 7.20. The van der Waals surface area contributed by atoms with Crippen LogP contribution in [0.5, 0.6) is 0 Å². The molecule has 2 rings (SSSR count). The van der Waals surface area contributed by atoms with Crippen LogP contribution < -0.4 is 10.2 Å². The number of benzene rings is 1. The van der Waals surface area contributed by atoms with Crippen molar-refractivity contribution in [1.82, 2.24) is 5.32 Å². The van der Waals surface area contributed by atoms with Gasteiger partial charge in [-0.3, -0.25) is 0 Å². The molecule has 0 aromatic heterocycles. The van der Waals surface area contributed by atoms with Gasteiger partial charge in [0.25, 0.3) is 0 Å². The lowest BCUT2D eigenvalue weighted by Gasteiger charge is -2.37. The Hall–Kier alpha value is -1.06. The van der Waals surface area contributed by atoms with Gasteiger partial charge >= 0.3 is 0 Å². The molecule has 0 amide bonds. The zero-order valence-electron chi connectivity index (χ0n) is 12.5. The third-order valence-electron chi connectivity index (χ3n) is 4.38. The standard InChI is InChI=1S/C16H26N2O/c1-12-9-10-18(11-16(12)19-4)15-7-5-14(6-8-15)13(2)17-3/h5-8,12-13,16-17H,9-11H2,1-4H3. The van der Waals surface area contributed by atoms with E-state index in [4.69, 9.17) is 4.74 Å². The zero-order chi connectivity index (χ0) is 13.8. The highest BCUT2D eigenvalue weighted by Gasteiger charge is 2.26. The second kappa shape index (κ2) is 6.40. The van der Waals surface area contributed by atoms with Crippen LogP contribution in [-0.4, -0.2) is 33.4 Å². The van der Waals surface area contributed by atoms with Crippen molar-refractivity contribution in [3.63, 3.8) is 0 Å². The first kappa shape index (κ1) is 14.4. The summed E-state index contributed by atoms with van der Waals surface area (Å²) in [7, 11) is 3.82. The minimum Gasteiger partial charge on any atom is -0.379 e. The molecule has 1 heterocycles. The molecule has 0 saturated carbocycles. The smallest absolute Gasteiger partial charge is 0.0772 e. The molecule has 106 valence electrons. The SMILES string of the molecule is CNC(C)c1ccc(N2CCC(C)C(OC)C2)cc1. The fourth-order valence-corrected chi connectivity index (χ4v) is 2.72. The fraction of sp³-hybridized carbons (Fsp3) is 0.625. The lowest BCUT2D eigenvalue weighted by atomic mass is 9.95. The summed E-state index contributed by atoms with van der Waals surface area (Å²) in [5, 5.41) is 3.27. The number of methoxy groups -OCH3 is 1. The van der Waals surface area contributed by atoms with Crippen molar-refractivity contribution < 1.29 is 4.74 Å². The number of nitrogens with one attached hydrogen (secondary N) is 1. The predicted octanol–water partition coefficient (Wildman–Crippen LogP) is 2.83. The monoisotopic (exact) mass is 262 g/mol. The van der Waals surface area contributed by atoms with Gasteiger partial charge < -0.3 is 15.0 Å². The summed E-state index contributed by atoms with van der Waals surface area (Å²) < 4.78 is 5.58. The van der Waals surface area contributed by atoms with E-state index in [0.717, 1.165) is 13.1 Å². The number of ether oxygens (including phenoxy) is 1. The van der Waals surface area contributed by atoms with Crippen molar-refractivity contribution in [2.24, 2.45) is 5.92 Å². The third kappa shape index (κ3) is 3.28. The van der Waals surface area contributed by atoms with Gasteiger partial charge in [0.15, 0.2) is 0 Å². The van der Waals surface area contributed by atoms with Crippen molar-refractivity contribution in [3.8, 4) is 0 Å². The number of nitrogens with zero attached hydrogens (tertiary/aromatic N) is 1. The summed E-state index contributed by atoms with van der Waals surface area (Å²) in [6, 6.07) is 9.30. The second-order valence-corrected chi connectivity index (χ2v) is 5.59. The van der Waals surface area contributed by atoms with Crippen molar-refractivity contribution >= 4 is 5.69 Å². The molecule has 1 aliphatic heterocycles. The molecule has 3 unspecified atom stereocenters. The van der Waals surface area contributed by atoms with Crippen LogP contribution in [0.1, 0.15) is 31.9 Å². The zero-order valence-corrected chi connectivity index (χ0v) is 12.5. The van der Waals surface area contributed by atoms with E-state index in [1.54, 1.807) is 0 Å². The molecule has 19 heavy (non-hydrogen) atoms. The van der Waals surface area contributed by atoms with Crippen molar-refractivity contribution in [2.75, 3.05) is 32.1 Å². The van der Waals surface area contributed by atoms with E-state index >= 15 is 0 Å². The Balaban J connectivity index is 2.06. The van der Waals surface area contributed by atoms with E-state index in [1.165, 1.54) is 17.7 Å². The molecule has 1 aromatic carbocycles. The first-order chi connectivity index (χ1) is 9.15. The number of hydrogen-bond donors (Lipinski definition) is 1. The van der Waals surface area contributed by atoms with E-state index in [1.807, 2.05) is 14.2 Å². The van der Waals surface area contributed by atoms with Crippen molar-refractivity contribution in [3.05, 3.63) is 29.8 Å². The second-order valence-electron chi connectivity index (χ2n) is 5.59. The fourth-order valence-electron chi connectivity index (χ4n) is 2.72. The van der Waals surface area contributed by atoms with Gasteiger partial charge in [-0.15, -0.1) is 0 Å². The summed E-state index contributed by atoms with van der Waals surface area (Å²) >= 11 is 0. The lowest BCUT2D eigenvalue weighted by Crippen LogP contribution is -2.43. The van der Waals surface area contributed by atoms with Gasteiger partial charge in [0.1, 0.15) is 0 Å². The number of anilines is 1. The maximum absolute atomic E-state index is 5.58. The summed E-state index contributed by atoms with van der Waals surface area (Å²) in [6.45, 7) is 6.59. The number of piperidine rings is 1. The highest BCUT2D eigenvalue weighted by Crippen LogP contribution is 2.26. The predicted molar refractivity (Wildman–Crippen MR) is 80.7 cm³/mol. The Bertz CT molecular complexity index is 390. The molecular weight excluding hydrogens is 236 g/mol. The molecule has 0 spiro atoms. The molecule has 1 saturated heterocycles. The van der Waals surface area contributed by atoms with Gasteiger partial charge in [0, 0.05) is 31.9 Å². The van der Waals surface area contributed by atoms with Crippen molar-refractivity contribution in [2.45, 2.75) is 32.4 Å². The van der Waals surface area contributed by atoms with Gasteiger partial charge in [-0.25, -0.2) is 0 Å². The molecular formula is C16H26N2O. The van der Waals surface area contributed by atoms with Crippen molar-refractivity contribution in [1.29, 1.82) is 0 Å². The summed E-state index contributed by atoms with van der Waals surface area (Å²) in [6.07, 6.45) is 1.55. The highest BCUT2D eigenvalue weighted by atomic mass is 16.5. The van der Waals surface area contributed by atoms with Crippen LogP contribution in [0.2, 0.25) is 0 Å². The quantitative estimate of drug-likeness (QED) is 0.903. The van der Waals surface area contributed by atoms with Crippen LogP contribution in [0.3, 0.4) is 0 Å². The molecule has 1 fully saturated rings. The topological polar surface area (TPSA) is 24.5 Å². The first-order valence-corrected chi connectivity index (χ1v) is 7.20. The van der Waals surface area contributed by atoms with Crippen LogP contribution in [0.25, 0.3) is 0 Å². The average Bonchev–Trinajstić information content (AvgIpc) is 2.47. The van der Waals surface area contributed by atoms with E-state index in [9.17, 15) is 0 Å². The van der Waals surface area contributed by atoms with Gasteiger partial charge in [-0.05, 0) is 44.0 Å². The Morgan fingerprint density at radius 1 is 1.32 bits per heavy atom. The molecule has 0 bridgehead atoms. The molecule has 1 aromatic rings. The maximum Gasteiger partial charge on any atom is 0.0772 e. The maximum atomic E-state index is 5.58.